The minimum absolute atomic E-state index is 0.00165. The second-order valence-electron chi connectivity index (χ2n) is 5.24. The normalized spacial score (nSPS) is 10.3. The highest BCUT2D eigenvalue weighted by molar-refractivity contribution is 14.1. The molecule has 3 rings (SSSR count). The number of anilines is 2. The molecule has 3 aromatic carbocycles. The quantitative estimate of drug-likeness (QED) is 0.509. The summed E-state index contributed by atoms with van der Waals surface area (Å²) in [5.74, 6) is -0.00165. The summed E-state index contributed by atoms with van der Waals surface area (Å²) in [4.78, 5) is 13.8. The van der Waals surface area contributed by atoms with Crippen LogP contribution in [0.3, 0.4) is 0 Å². The van der Waals surface area contributed by atoms with Crippen molar-refractivity contribution in [3.05, 3.63) is 82.4 Å². The fourth-order valence-electron chi connectivity index (χ4n) is 2.54. The van der Waals surface area contributed by atoms with E-state index >= 15 is 0 Å². The van der Waals surface area contributed by atoms with E-state index in [1.165, 1.54) is 9.13 Å². The van der Waals surface area contributed by atoms with Gasteiger partial charge in [-0.1, -0.05) is 42.5 Å². The number of benzene rings is 3. The van der Waals surface area contributed by atoms with Crippen LogP contribution in [-0.2, 0) is 4.79 Å². The number of para-hydroxylation sites is 1. The minimum Gasteiger partial charge on any atom is -0.281 e. The first-order valence-corrected chi connectivity index (χ1v) is 8.45. The van der Waals surface area contributed by atoms with E-state index in [4.69, 9.17) is 0 Å². The summed E-state index contributed by atoms with van der Waals surface area (Å²) in [5.41, 5.74) is 4.06. The lowest BCUT2D eigenvalue weighted by Crippen LogP contribution is -2.22. The van der Waals surface area contributed by atoms with Crippen LogP contribution in [0.15, 0.2) is 78.9 Å². The van der Waals surface area contributed by atoms with Gasteiger partial charge in [0, 0.05) is 21.9 Å². The number of halogens is 1. The van der Waals surface area contributed by atoms with Crippen LogP contribution in [0.1, 0.15) is 6.92 Å². The predicted molar refractivity (Wildman–Crippen MR) is 104 cm³/mol. The Morgan fingerprint density at radius 1 is 0.739 bits per heavy atom. The smallest absolute Gasteiger partial charge is 0.228 e. The Hall–Kier alpha value is -2.14. The van der Waals surface area contributed by atoms with Crippen LogP contribution in [0.5, 0.6) is 0 Å². The maximum atomic E-state index is 12.1. The topological polar surface area (TPSA) is 20.3 Å². The van der Waals surface area contributed by atoms with Gasteiger partial charge in [-0.15, -0.1) is 0 Å². The Labute approximate surface area is 149 Å². The van der Waals surface area contributed by atoms with Gasteiger partial charge >= 0.3 is 0 Å². The van der Waals surface area contributed by atoms with Gasteiger partial charge in [0.05, 0.1) is 0 Å². The van der Waals surface area contributed by atoms with E-state index in [1.54, 1.807) is 11.8 Å². The fraction of sp³-hybridized carbons (Fsp3) is 0.0500. The number of rotatable bonds is 3. The van der Waals surface area contributed by atoms with Crippen LogP contribution in [0.2, 0.25) is 0 Å². The molecule has 0 saturated heterocycles. The third-order valence-electron chi connectivity index (χ3n) is 3.63. The molecule has 2 nitrogen and oxygen atoms in total. The molecule has 0 bridgehead atoms. The van der Waals surface area contributed by atoms with Crippen LogP contribution < -0.4 is 4.90 Å². The highest BCUT2D eigenvalue weighted by atomic mass is 127. The Balaban J connectivity index is 1.94. The Morgan fingerprint density at radius 2 is 1.22 bits per heavy atom. The van der Waals surface area contributed by atoms with E-state index in [0.717, 1.165) is 16.9 Å². The Bertz CT molecular complexity index is 795. The number of hydrogen-bond acceptors (Lipinski definition) is 1. The minimum atomic E-state index is -0.00165. The fourth-order valence-corrected chi connectivity index (χ4v) is 2.89. The molecule has 0 heterocycles. The molecule has 0 aliphatic carbocycles. The van der Waals surface area contributed by atoms with Gasteiger partial charge in [-0.05, 0) is 70.1 Å². The average molecular weight is 413 g/mol. The molecule has 0 aromatic heterocycles. The monoisotopic (exact) mass is 413 g/mol. The van der Waals surface area contributed by atoms with Crippen LogP contribution in [0, 0.1) is 3.57 Å². The van der Waals surface area contributed by atoms with E-state index < -0.39 is 0 Å². The van der Waals surface area contributed by atoms with E-state index in [2.05, 4.69) is 59.0 Å². The van der Waals surface area contributed by atoms with Crippen molar-refractivity contribution in [1.29, 1.82) is 0 Å². The molecule has 3 heteroatoms. The zero-order valence-corrected chi connectivity index (χ0v) is 14.9. The van der Waals surface area contributed by atoms with Crippen molar-refractivity contribution in [3.8, 4) is 11.1 Å². The van der Waals surface area contributed by atoms with Crippen LogP contribution in [0.25, 0.3) is 11.1 Å². The van der Waals surface area contributed by atoms with E-state index in [9.17, 15) is 4.79 Å². The lowest BCUT2D eigenvalue weighted by atomic mass is 10.1. The predicted octanol–water partition coefficient (Wildman–Crippen LogP) is 5.64. The second-order valence-corrected chi connectivity index (χ2v) is 6.49. The third-order valence-corrected chi connectivity index (χ3v) is 4.35. The van der Waals surface area contributed by atoms with Gasteiger partial charge < -0.3 is 0 Å². The summed E-state index contributed by atoms with van der Waals surface area (Å²) in [5, 5.41) is 0. The third kappa shape index (κ3) is 3.62. The van der Waals surface area contributed by atoms with Crippen LogP contribution in [0.4, 0.5) is 11.4 Å². The van der Waals surface area contributed by atoms with Crippen molar-refractivity contribution in [2.75, 3.05) is 4.90 Å². The van der Waals surface area contributed by atoms with Gasteiger partial charge in [0.15, 0.2) is 0 Å². The number of carbonyl (C=O) groups is 1. The number of carbonyl (C=O) groups excluding carboxylic acids is 1. The lowest BCUT2D eigenvalue weighted by Gasteiger charge is -2.21. The summed E-state index contributed by atoms with van der Waals surface area (Å²) in [6.07, 6.45) is 0. The molecule has 0 saturated carbocycles. The van der Waals surface area contributed by atoms with E-state index in [0.29, 0.717) is 0 Å². The van der Waals surface area contributed by atoms with Crippen LogP contribution >= 0.6 is 22.6 Å². The Morgan fingerprint density at radius 3 is 1.74 bits per heavy atom. The summed E-state index contributed by atoms with van der Waals surface area (Å²) in [7, 11) is 0. The summed E-state index contributed by atoms with van der Waals surface area (Å²) >= 11 is 2.30. The molecule has 3 aromatic rings. The summed E-state index contributed by atoms with van der Waals surface area (Å²) < 4.78 is 1.22. The molecule has 0 aliphatic heterocycles. The van der Waals surface area contributed by atoms with Gasteiger partial charge in [0.2, 0.25) is 5.91 Å². The molecule has 0 spiro atoms. The molecule has 23 heavy (non-hydrogen) atoms. The van der Waals surface area contributed by atoms with E-state index in [-0.39, 0.29) is 5.91 Å². The molecular formula is C20H16INO. The maximum Gasteiger partial charge on any atom is 0.228 e. The van der Waals surface area contributed by atoms with Crippen molar-refractivity contribution in [2.24, 2.45) is 0 Å². The van der Waals surface area contributed by atoms with Crippen molar-refractivity contribution in [1.82, 2.24) is 0 Å². The summed E-state index contributed by atoms with van der Waals surface area (Å²) in [6.45, 7) is 1.58. The molecule has 0 radical (unpaired) electrons. The first-order valence-electron chi connectivity index (χ1n) is 7.37. The zero-order valence-electron chi connectivity index (χ0n) is 12.7. The molecule has 0 fully saturated rings. The highest BCUT2D eigenvalue weighted by Gasteiger charge is 2.13. The SMILES string of the molecule is CC(=O)N(c1ccccc1)c1ccc(-c2ccc(I)cc2)cc1. The molecule has 114 valence electrons. The summed E-state index contributed by atoms with van der Waals surface area (Å²) in [6, 6.07) is 26.2. The second kappa shape index (κ2) is 6.96. The van der Waals surface area contributed by atoms with Crippen molar-refractivity contribution >= 4 is 39.9 Å². The number of nitrogens with zero attached hydrogens (tertiary/aromatic N) is 1. The molecule has 0 aliphatic rings. The first kappa shape index (κ1) is 15.7. The number of hydrogen-bond donors (Lipinski definition) is 0. The first-order chi connectivity index (χ1) is 11.1. The number of amides is 1. The Kier molecular flexibility index (Phi) is 4.76. The van der Waals surface area contributed by atoms with Crippen molar-refractivity contribution < 1.29 is 4.79 Å². The molecular weight excluding hydrogens is 397 g/mol. The molecule has 0 atom stereocenters. The maximum absolute atomic E-state index is 12.1. The molecule has 0 N–H and O–H groups in total. The molecule has 1 amide bonds. The highest BCUT2D eigenvalue weighted by Crippen LogP contribution is 2.28. The van der Waals surface area contributed by atoms with Gasteiger partial charge in [0.1, 0.15) is 0 Å². The van der Waals surface area contributed by atoms with Crippen molar-refractivity contribution in [3.63, 3.8) is 0 Å². The van der Waals surface area contributed by atoms with Crippen molar-refractivity contribution in [2.45, 2.75) is 6.92 Å². The van der Waals surface area contributed by atoms with E-state index in [1.807, 2.05) is 42.5 Å². The van der Waals surface area contributed by atoms with Crippen LogP contribution in [-0.4, -0.2) is 5.91 Å². The van der Waals surface area contributed by atoms with Gasteiger partial charge in [-0.3, -0.25) is 9.69 Å². The lowest BCUT2D eigenvalue weighted by molar-refractivity contribution is -0.115. The zero-order chi connectivity index (χ0) is 16.2. The average Bonchev–Trinajstić information content (AvgIpc) is 2.57. The molecule has 0 unspecified atom stereocenters. The standard InChI is InChI=1S/C20H16INO/c1-15(23)22(19-5-3-2-4-6-19)20-13-9-17(10-14-20)16-7-11-18(21)12-8-16/h2-14H,1H3. The van der Waals surface area contributed by atoms with Gasteiger partial charge in [0.25, 0.3) is 0 Å². The van der Waals surface area contributed by atoms with Gasteiger partial charge in [-0.2, -0.15) is 0 Å². The van der Waals surface area contributed by atoms with Gasteiger partial charge in [-0.25, -0.2) is 0 Å². The largest absolute Gasteiger partial charge is 0.281 e.